The molecule has 0 unspecified atom stereocenters. The van der Waals surface area contributed by atoms with Crippen molar-refractivity contribution in [2.24, 2.45) is 0 Å². The van der Waals surface area contributed by atoms with Crippen molar-refractivity contribution in [3.63, 3.8) is 0 Å². The number of aromatic nitrogens is 2. The zero-order valence-electron chi connectivity index (χ0n) is 20.0. The van der Waals surface area contributed by atoms with Crippen LogP contribution in [0.2, 0.25) is 5.02 Å². The molecule has 2 aromatic carbocycles. The molecule has 8 heteroatoms. The molecule has 1 saturated heterocycles. The maximum Gasteiger partial charge on any atom is 0.495 e. The number of rotatable bonds is 1. The fourth-order valence-electron chi connectivity index (χ4n) is 3.83. The van der Waals surface area contributed by atoms with Gasteiger partial charge >= 0.3 is 7.12 Å². The molecule has 1 fully saturated rings. The highest BCUT2D eigenvalue weighted by Gasteiger charge is 2.52. The Bertz CT molecular complexity index is 1380. The first-order valence-electron chi connectivity index (χ1n) is 11.0. The fraction of sp³-hybridized carbons (Fsp3) is 0.308. The summed E-state index contributed by atoms with van der Waals surface area (Å²) in [4.78, 5) is 8.37. The van der Waals surface area contributed by atoms with Gasteiger partial charge in [0.05, 0.1) is 16.2 Å². The lowest BCUT2D eigenvalue weighted by atomic mass is 9.76. The summed E-state index contributed by atoms with van der Waals surface area (Å²) in [5.41, 5.74) is 2.16. The van der Waals surface area contributed by atoms with Gasteiger partial charge < -0.3 is 9.31 Å². The SMILES string of the molecule is Cc1cc(B2OC(C)(C)C(C)(C)O2)c2cccc(F)c2n1.Cc1cc(Cl)c2cccc(F)c2n1. The lowest BCUT2D eigenvalue weighted by Crippen LogP contribution is -2.41. The molecule has 34 heavy (non-hydrogen) atoms. The number of hydrogen-bond acceptors (Lipinski definition) is 4. The largest absolute Gasteiger partial charge is 0.495 e. The van der Waals surface area contributed by atoms with E-state index in [1.807, 2.05) is 46.8 Å². The first-order chi connectivity index (χ1) is 15.9. The third kappa shape index (κ3) is 4.52. The Kier molecular flexibility index (Phi) is 6.40. The van der Waals surface area contributed by atoms with Gasteiger partial charge in [-0.25, -0.2) is 13.8 Å². The van der Waals surface area contributed by atoms with Crippen LogP contribution in [0.15, 0.2) is 48.5 Å². The molecule has 1 aliphatic heterocycles. The highest BCUT2D eigenvalue weighted by Crippen LogP contribution is 2.37. The molecule has 5 rings (SSSR count). The quantitative estimate of drug-likeness (QED) is 0.298. The van der Waals surface area contributed by atoms with Crippen molar-refractivity contribution in [3.8, 4) is 0 Å². The molecule has 2 aromatic heterocycles. The minimum absolute atomic E-state index is 0.325. The molecule has 0 radical (unpaired) electrons. The number of para-hydroxylation sites is 2. The molecule has 0 bridgehead atoms. The van der Waals surface area contributed by atoms with Crippen LogP contribution >= 0.6 is 11.6 Å². The van der Waals surface area contributed by atoms with Crippen LogP contribution in [-0.4, -0.2) is 28.3 Å². The Morgan fingerprint density at radius 2 is 1.24 bits per heavy atom. The van der Waals surface area contributed by atoms with Gasteiger partial charge in [0, 0.05) is 22.2 Å². The average molecular weight is 483 g/mol. The maximum atomic E-state index is 14.0. The lowest BCUT2D eigenvalue weighted by Gasteiger charge is -2.32. The number of nitrogens with zero attached hydrogens (tertiary/aromatic N) is 2. The van der Waals surface area contributed by atoms with E-state index in [1.165, 1.54) is 12.1 Å². The van der Waals surface area contributed by atoms with E-state index in [-0.39, 0.29) is 11.6 Å². The highest BCUT2D eigenvalue weighted by molar-refractivity contribution is 6.65. The Morgan fingerprint density at radius 3 is 1.79 bits per heavy atom. The monoisotopic (exact) mass is 482 g/mol. The molecule has 0 amide bonds. The second kappa shape index (κ2) is 8.88. The van der Waals surface area contributed by atoms with Crippen LogP contribution in [0.4, 0.5) is 8.78 Å². The number of benzene rings is 2. The van der Waals surface area contributed by atoms with Crippen LogP contribution in [0.25, 0.3) is 21.8 Å². The maximum absolute atomic E-state index is 14.0. The van der Waals surface area contributed by atoms with Gasteiger partial charge in [-0.1, -0.05) is 35.9 Å². The molecule has 0 aliphatic carbocycles. The van der Waals surface area contributed by atoms with E-state index in [9.17, 15) is 8.78 Å². The second-order valence-corrected chi connectivity index (χ2v) is 9.87. The van der Waals surface area contributed by atoms with Crippen molar-refractivity contribution in [1.29, 1.82) is 0 Å². The van der Waals surface area contributed by atoms with Gasteiger partial charge in [-0.3, -0.25) is 4.98 Å². The molecule has 0 atom stereocenters. The Labute approximate surface area is 203 Å². The summed E-state index contributed by atoms with van der Waals surface area (Å²) in [5.74, 6) is -0.655. The number of aryl methyl sites for hydroxylation is 2. The lowest BCUT2D eigenvalue weighted by molar-refractivity contribution is 0.00578. The molecule has 0 N–H and O–H groups in total. The van der Waals surface area contributed by atoms with Crippen LogP contribution in [-0.2, 0) is 9.31 Å². The predicted octanol–water partition coefficient (Wildman–Crippen LogP) is 6.32. The number of pyridine rings is 2. The van der Waals surface area contributed by atoms with E-state index in [0.717, 1.165) is 22.2 Å². The minimum atomic E-state index is -0.513. The zero-order chi connectivity index (χ0) is 24.8. The summed E-state index contributed by atoms with van der Waals surface area (Å²) in [6.07, 6.45) is 0. The first-order valence-corrected chi connectivity index (χ1v) is 11.4. The van der Waals surface area contributed by atoms with Gasteiger partial charge in [-0.2, -0.15) is 0 Å². The molecule has 3 heterocycles. The molecular formula is C26H26BClF2N2O2. The summed E-state index contributed by atoms with van der Waals surface area (Å²) in [6, 6.07) is 13.4. The summed E-state index contributed by atoms with van der Waals surface area (Å²) in [7, 11) is -0.513. The van der Waals surface area contributed by atoms with E-state index in [2.05, 4.69) is 9.97 Å². The van der Waals surface area contributed by atoms with Crippen molar-refractivity contribution >= 4 is 46.0 Å². The van der Waals surface area contributed by atoms with Crippen LogP contribution < -0.4 is 5.46 Å². The van der Waals surface area contributed by atoms with Crippen molar-refractivity contribution in [2.45, 2.75) is 52.7 Å². The van der Waals surface area contributed by atoms with Gasteiger partial charge in [0.1, 0.15) is 22.7 Å². The van der Waals surface area contributed by atoms with Crippen LogP contribution in [0, 0.1) is 25.5 Å². The molecular weight excluding hydrogens is 457 g/mol. The van der Waals surface area contributed by atoms with Gasteiger partial charge in [0.2, 0.25) is 0 Å². The van der Waals surface area contributed by atoms with Crippen molar-refractivity contribution in [3.05, 3.63) is 76.6 Å². The van der Waals surface area contributed by atoms with Crippen molar-refractivity contribution in [1.82, 2.24) is 9.97 Å². The Hall–Kier alpha value is -2.61. The number of fused-ring (bicyclic) bond motifs is 2. The molecule has 4 aromatic rings. The summed E-state index contributed by atoms with van der Waals surface area (Å²) in [6.45, 7) is 11.7. The number of hydrogen-bond donors (Lipinski definition) is 0. The Balaban J connectivity index is 0.000000180. The topological polar surface area (TPSA) is 44.2 Å². The minimum Gasteiger partial charge on any atom is -0.399 e. The molecule has 176 valence electrons. The van der Waals surface area contributed by atoms with E-state index in [4.69, 9.17) is 20.9 Å². The smallest absolute Gasteiger partial charge is 0.399 e. The summed E-state index contributed by atoms with van der Waals surface area (Å²) in [5, 5.41) is 1.94. The third-order valence-electron chi connectivity index (χ3n) is 6.33. The van der Waals surface area contributed by atoms with Crippen LogP contribution in [0.1, 0.15) is 39.1 Å². The summed E-state index contributed by atoms with van der Waals surface area (Å²) < 4.78 is 39.4. The van der Waals surface area contributed by atoms with E-state index in [0.29, 0.717) is 21.4 Å². The fourth-order valence-corrected chi connectivity index (χ4v) is 4.14. The summed E-state index contributed by atoms with van der Waals surface area (Å²) >= 11 is 5.93. The number of halogens is 3. The molecule has 1 aliphatic rings. The van der Waals surface area contributed by atoms with E-state index < -0.39 is 18.3 Å². The average Bonchev–Trinajstić information content (AvgIpc) is 2.96. The highest BCUT2D eigenvalue weighted by atomic mass is 35.5. The first kappa shape index (κ1) is 24.5. The van der Waals surface area contributed by atoms with Gasteiger partial charge in [0.25, 0.3) is 0 Å². The molecule has 0 saturated carbocycles. The van der Waals surface area contributed by atoms with Crippen molar-refractivity contribution in [2.75, 3.05) is 0 Å². The zero-order valence-corrected chi connectivity index (χ0v) is 20.8. The second-order valence-electron chi connectivity index (χ2n) is 9.46. The van der Waals surface area contributed by atoms with E-state index >= 15 is 0 Å². The van der Waals surface area contributed by atoms with Crippen LogP contribution in [0.3, 0.4) is 0 Å². The van der Waals surface area contributed by atoms with E-state index in [1.54, 1.807) is 31.2 Å². The third-order valence-corrected chi connectivity index (χ3v) is 6.64. The Morgan fingerprint density at radius 1 is 0.765 bits per heavy atom. The molecule has 0 spiro atoms. The standard InChI is InChI=1S/C16H19BFNO2.C10H7ClFN/c1-10-9-12(11-7-6-8-13(18)14(11)19-10)17-20-15(2,3)16(4,5)21-17;1-6-5-8(11)7-3-2-4-9(12)10(7)13-6/h6-9H,1-5H3;2-5H,1H3. The van der Waals surface area contributed by atoms with Crippen LogP contribution in [0.5, 0.6) is 0 Å². The predicted molar refractivity (Wildman–Crippen MR) is 134 cm³/mol. The van der Waals surface area contributed by atoms with Gasteiger partial charge in [-0.05, 0) is 71.3 Å². The van der Waals surface area contributed by atoms with Gasteiger partial charge in [-0.15, -0.1) is 0 Å². The normalized spacial score (nSPS) is 16.6. The molecule has 4 nitrogen and oxygen atoms in total. The van der Waals surface area contributed by atoms with Gasteiger partial charge in [0.15, 0.2) is 0 Å². The van der Waals surface area contributed by atoms with Crippen molar-refractivity contribution < 1.29 is 18.1 Å².